The Balaban J connectivity index is 1.79. The van der Waals surface area contributed by atoms with Crippen LogP contribution in [0.25, 0.3) is 5.69 Å². The summed E-state index contributed by atoms with van der Waals surface area (Å²) >= 11 is 0. The van der Waals surface area contributed by atoms with Gasteiger partial charge in [-0.2, -0.15) is 9.78 Å². The number of likely N-dealkylation sites (tertiary alicyclic amines) is 1. The monoisotopic (exact) mass is 506 g/mol. The first-order valence-electron chi connectivity index (χ1n) is 12.2. The molecule has 0 spiro atoms. The Morgan fingerprint density at radius 1 is 1.08 bits per heavy atom. The summed E-state index contributed by atoms with van der Waals surface area (Å²) in [6, 6.07) is 14.0. The van der Waals surface area contributed by atoms with E-state index in [1.165, 1.54) is 12.0 Å². The van der Waals surface area contributed by atoms with Gasteiger partial charge in [-0.05, 0) is 62.1 Å². The summed E-state index contributed by atoms with van der Waals surface area (Å²) < 4.78 is 12.4. The number of methoxy groups -OCH3 is 1. The molecular weight excluding hydrogens is 476 g/mol. The molecule has 2 heterocycles. The minimum Gasteiger partial charge on any atom is -0.497 e. The zero-order valence-electron chi connectivity index (χ0n) is 21.2. The number of rotatable bonds is 7. The van der Waals surface area contributed by atoms with Gasteiger partial charge in [-0.15, -0.1) is 0 Å². The average molecular weight is 507 g/mol. The van der Waals surface area contributed by atoms with Crippen molar-refractivity contribution >= 4 is 11.9 Å². The van der Waals surface area contributed by atoms with Gasteiger partial charge in [0, 0.05) is 13.1 Å². The summed E-state index contributed by atoms with van der Waals surface area (Å²) in [5.74, 6) is -0.882. The van der Waals surface area contributed by atoms with Gasteiger partial charge in [-0.1, -0.05) is 24.3 Å². The third-order valence-electron chi connectivity index (χ3n) is 6.50. The van der Waals surface area contributed by atoms with E-state index in [9.17, 15) is 19.2 Å². The highest BCUT2D eigenvalue weighted by Gasteiger charge is 2.32. The van der Waals surface area contributed by atoms with Crippen LogP contribution in [0.4, 0.5) is 0 Å². The van der Waals surface area contributed by atoms with Gasteiger partial charge in [0.1, 0.15) is 5.75 Å². The Labute approximate surface area is 214 Å². The quantitative estimate of drug-likeness (QED) is 0.452. The maximum Gasteiger partial charge on any atom is 0.352 e. The number of carbonyl (C=O) groups excluding carboxylic acids is 2. The van der Waals surface area contributed by atoms with Gasteiger partial charge < -0.3 is 14.4 Å². The molecule has 0 saturated carbocycles. The van der Waals surface area contributed by atoms with Crippen LogP contribution in [0.2, 0.25) is 0 Å². The molecular formula is C27H30N4O6. The number of piperidine rings is 1. The van der Waals surface area contributed by atoms with Crippen molar-refractivity contribution in [3.8, 4) is 11.4 Å². The molecule has 2 aromatic carbocycles. The predicted octanol–water partition coefficient (Wildman–Crippen LogP) is 2.17. The van der Waals surface area contributed by atoms with Crippen LogP contribution in [-0.2, 0) is 16.1 Å². The lowest BCUT2D eigenvalue weighted by Crippen LogP contribution is -2.49. The Kier molecular flexibility index (Phi) is 7.86. The number of aryl methyl sites for hydroxylation is 1. The number of benzene rings is 2. The number of ether oxygens (including phenoxy) is 2. The van der Waals surface area contributed by atoms with E-state index in [1.807, 2.05) is 31.2 Å². The fraction of sp³-hybridized carbons (Fsp3) is 0.370. The maximum absolute atomic E-state index is 13.6. The predicted molar refractivity (Wildman–Crippen MR) is 136 cm³/mol. The lowest BCUT2D eigenvalue weighted by atomic mass is 9.98. The van der Waals surface area contributed by atoms with E-state index in [1.54, 1.807) is 31.2 Å². The zero-order valence-corrected chi connectivity index (χ0v) is 21.2. The second-order valence-corrected chi connectivity index (χ2v) is 8.90. The van der Waals surface area contributed by atoms with Crippen molar-refractivity contribution in [1.82, 2.24) is 19.2 Å². The number of aromatic nitrogens is 3. The highest BCUT2D eigenvalue weighted by Crippen LogP contribution is 2.19. The van der Waals surface area contributed by atoms with Gasteiger partial charge in [0.2, 0.25) is 5.69 Å². The summed E-state index contributed by atoms with van der Waals surface area (Å²) in [5, 5.41) is 4.23. The molecule has 194 valence electrons. The lowest BCUT2D eigenvalue weighted by Gasteiger charge is -2.31. The third-order valence-corrected chi connectivity index (χ3v) is 6.50. The molecule has 0 N–H and O–H groups in total. The SMILES string of the molecule is CCOC(=O)C1CCCN(C(=O)c2nn(-c3ccc(OC)cc3)c(=O)n(Cc3ccccc3C)c2=O)C1. The third kappa shape index (κ3) is 5.47. The summed E-state index contributed by atoms with van der Waals surface area (Å²) in [4.78, 5) is 54.3. The van der Waals surface area contributed by atoms with Crippen molar-refractivity contribution in [2.75, 3.05) is 26.8 Å². The number of esters is 1. The molecule has 3 aromatic rings. The molecule has 10 nitrogen and oxygen atoms in total. The first-order valence-corrected chi connectivity index (χ1v) is 12.2. The molecule has 1 atom stereocenters. The molecule has 37 heavy (non-hydrogen) atoms. The van der Waals surface area contributed by atoms with Gasteiger partial charge in [-0.3, -0.25) is 19.0 Å². The average Bonchev–Trinajstić information content (AvgIpc) is 2.92. The standard InChI is InChI=1S/C27H30N4O6/c1-4-37-26(34)20-10-7-15-29(16-20)24(32)23-25(33)30(17-19-9-6-5-8-18(19)2)27(35)31(28-23)21-11-13-22(36-3)14-12-21/h5-6,8-9,11-14,20H,4,7,10,15-17H2,1-3H3. The normalized spacial score (nSPS) is 15.3. The summed E-state index contributed by atoms with van der Waals surface area (Å²) in [7, 11) is 1.53. The number of carbonyl (C=O) groups is 2. The molecule has 1 fully saturated rings. The van der Waals surface area contributed by atoms with Crippen LogP contribution in [0.5, 0.6) is 5.75 Å². The van der Waals surface area contributed by atoms with Crippen molar-refractivity contribution in [3.05, 3.63) is 86.2 Å². The largest absolute Gasteiger partial charge is 0.497 e. The van der Waals surface area contributed by atoms with Crippen molar-refractivity contribution < 1.29 is 19.1 Å². The number of amides is 1. The van der Waals surface area contributed by atoms with Gasteiger partial charge >= 0.3 is 11.7 Å². The van der Waals surface area contributed by atoms with E-state index in [-0.39, 0.29) is 31.4 Å². The van der Waals surface area contributed by atoms with Gasteiger partial charge in [-0.25, -0.2) is 4.79 Å². The van der Waals surface area contributed by atoms with Crippen LogP contribution in [0, 0.1) is 12.8 Å². The fourth-order valence-corrected chi connectivity index (χ4v) is 4.40. The minimum atomic E-state index is -0.777. The van der Waals surface area contributed by atoms with Crippen molar-refractivity contribution in [2.45, 2.75) is 33.2 Å². The first kappa shape index (κ1) is 25.9. The van der Waals surface area contributed by atoms with Crippen LogP contribution in [0.15, 0.2) is 58.1 Å². The van der Waals surface area contributed by atoms with Crippen molar-refractivity contribution in [1.29, 1.82) is 0 Å². The van der Waals surface area contributed by atoms with Crippen LogP contribution in [-0.4, -0.2) is 57.9 Å². The smallest absolute Gasteiger partial charge is 0.352 e. The van der Waals surface area contributed by atoms with E-state index in [2.05, 4.69) is 5.10 Å². The highest BCUT2D eigenvalue weighted by atomic mass is 16.5. The summed E-state index contributed by atoms with van der Waals surface area (Å²) in [6.07, 6.45) is 1.18. The number of hydrogen-bond acceptors (Lipinski definition) is 7. The molecule has 1 aliphatic rings. The van der Waals surface area contributed by atoms with Crippen LogP contribution in [0.1, 0.15) is 41.4 Å². The Morgan fingerprint density at radius 2 is 1.81 bits per heavy atom. The summed E-state index contributed by atoms with van der Waals surface area (Å²) in [5.41, 5.74) is 0.227. The number of hydrogen-bond donors (Lipinski definition) is 0. The molecule has 0 aliphatic carbocycles. The van der Waals surface area contributed by atoms with Crippen molar-refractivity contribution in [2.24, 2.45) is 5.92 Å². The highest BCUT2D eigenvalue weighted by molar-refractivity contribution is 5.92. The van der Waals surface area contributed by atoms with Gasteiger partial charge in [0.25, 0.3) is 11.5 Å². The topological polar surface area (TPSA) is 113 Å². The molecule has 10 heteroatoms. The van der Waals surface area contributed by atoms with E-state index in [0.717, 1.165) is 20.4 Å². The Hall–Kier alpha value is -4.21. The lowest BCUT2D eigenvalue weighted by molar-refractivity contribution is -0.149. The summed E-state index contributed by atoms with van der Waals surface area (Å²) in [6.45, 7) is 4.34. The number of nitrogens with zero attached hydrogens (tertiary/aromatic N) is 4. The fourth-order valence-electron chi connectivity index (χ4n) is 4.40. The van der Waals surface area contributed by atoms with E-state index in [4.69, 9.17) is 9.47 Å². The molecule has 1 aliphatic heterocycles. The van der Waals surface area contributed by atoms with E-state index < -0.39 is 23.1 Å². The minimum absolute atomic E-state index is 0.0191. The molecule has 4 rings (SSSR count). The van der Waals surface area contributed by atoms with Gasteiger partial charge in [0.05, 0.1) is 31.9 Å². The molecule has 0 bridgehead atoms. The van der Waals surface area contributed by atoms with Gasteiger partial charge in [0.15, 0.2) is 0 Å². The Morgan fingerprint density at radius 3 is 2.49 bits per heavy atom. The van der Waals surface area contributed by atoms with E-state index >= 15 is 0 Å². The Bertz CT molecular complexity index is 1410. The molecule has 1 saturated heterocycles. The second kappa shape index (κ2) is 11.2. The molecule has 1 amide bonds. The first-order chi connectivity index (χ1) is 17.8. The van der Waals surface area contributed by atoms with Crippen LogP contribution >= 0.6 is 0 Å². The molecule has 0 radical (unpaired) electrons. The van der Waals surface area contributed by atoms with Crippen LogP contribution < -0.4 is 16.0 Å². The zero-order chi connectivity index (χ0) is 26.5. The molecule has 1 aromatic heterocycles. The second-order valence-electron chi connectivity index (χ2n) is 8.90. The van der Waals surface area contributed by atoms with E-state index in [0.29, 0.717) is 30.8 Å². The maximum atomic E-state index is 13.6. The van der Waals surface area contributed by atoms with Crippen molar-refractivity contribution in [3.63, 3.8) is 0 Å². The van der Waals surface area contributed by atoms with Crippen LogP contribution in [0.3, 0.4) is 0 Å². The molecule has 1 unspecified atom stereocenters.